The van der Waals surface area contributed by atoms with E-state index in [1.165, 1.54) is 0 Å². The van der Waals surface area contributed by atoms with Crippen LogP contribution < -0.4 is 10.9 Å². The van der Waals surface area contributed by atoms with Crippen LogP contribution in [0.2, 0.25) is 5.02 Å². The van der Waals surface area contributed by atoms with Gasteiger partial charge in [0.2, 0.25) is 5.65 Å². The number of fused-ring (bicyclic) bond motifs is 1. The number of aromatic nitrogens is 3. The van der Waals surface area contributed by atoms with E-state index >= 15 is 0 Å². The second-order valence-corrected chi connectivity index (χ2v) is 8.28. The van der Waals surface area contributed by atoms with Crippen molar-refractivity contribution in [3.05, 3.63) is 57.7 Å². The van der Waals surface area contributed by atoms with Gasteiger partial charge in [0, 0.05) is 35.6 Å². The van der Waals surface area contributed by atoms with Gasteiger partial charge >= 0.3 is 0 Å². The van der Waals surface area contributed by atoms with Crippen LogP contribution in [0, 0.1) is 5.92 Å². The fraction of sp³-hybridized carbons (Fsp3) is 0.381. The van der Waals surface area contributed by atoms with E-state index in [2.05, 4.69) is 10.3 Å². The molecule has 0 radical (unpaired) electrons. The van der Waals surface area contributed by atoms with Crippen molar-refractivity contribution in [3.63, 3.8) is 0 Å². The van der Waals surface area contributed by atoms with Crippen molar-refractivity contribution < 1.29 is 4.79 Å². The first-order valence-electron chi connectivity index (χ1n) is 9.78. The standard InChI is InChI=1S/C21H21ClN4O2/c22-15-4-1-3-14(9-15)18-12-25-11-17(20(27)23-16-5-2-6-16)24-19(25)21(28)26(18)10-13-7-8-13/h1,3-4,9,11-13,16H,2,5-8,10H2,(H,23,27). The van der Waals surface area contributed by atoms with E-state index in [-0.39, 0.29) is 28.8 Å². The van der Waals surface area contributed by atoms with E-state index in [1.807, 2.05) is 30.5 Å². The average molecular weight is 397 g/mol. The van der Waals surface area contributed by atoms with Gasteiger partial charge in [-0.2, -0.15) is 0 Å². The normalized spacial score (nSPS) is 16.9. The third kappa shape index (κ3) is 3.22. The molecule has 2 aliphatic rings. The molecule has 1 amide bonds. The van der Waals surface area contributed by atoms with Gasteiger partial charge in [-0.3, -0.25) is 14.0 Å². The summed E-state index contributed by atoms with van der Waals surface area (Å²) in [7, 11) is 0. The van der Waals surface area contributed by atoms with E-state index in [0.717, 1.165) is 43.4 Å². The quantitative estimate of drug-likeness (QED) is 0.717. The maximum absolute atomic E-state index is 13.2. The van der Waals surface area contributed by atoms with Crippen molar-refractivity contribution in [1.29, 1.82) is 0 Å². The van der Waals surface area contributed by atoms with Gasteiger partial charge in [0.1, 0.15) is 5.69 Å². The molecule has 144 valence electrons. The highest BCUT2D eigenvalue weighted by Gasteiger charge is 2.26. The Labute approximate surface area is 167 Å². The van der Waals surface area contributed by atoms with E-state index in [1.54, 1.807) is 15.2 Å². The first-order valence-corrected chi connectivity index (χ1v) is 10.2. The van der Waals surface area contributed by atoms with E-state index in [9.17, 15) is 9.59 Å². The number of amides is 1. The molecule has 0 atom stereocenters. The Morgan fingerprint density at radius 2 is 2.04 bits per heavy atom. The highest BCUT2D eigenvalue weighted by Crippen LogP contribution is 2.32. The number of nitrogens with zero attached hydrogens (tertiary/aromatic N) is 3. The summed E-state index contributed by atoms with van der Waals surface area (Å²) in [5, 5.41) is 3.60. The van der Waals surface area contributed by atoms with Crippen LogP contribution in [0.4, 0.5) is 0 Å². The van der Waals surface area contributed by atoms with Crippen LogP contribution in [0.15, 0.2) is 41.5 Å². The van der Waals surface area contributed by atoms with Crippen LogP contribution in [0.3, 0.4) is 0 Å². The second-order valence-electron chi connectivity index (χ2n) is 7.84. The van der Waals surface area contributed by atoms with Crippen molar-refractivity contribution in [2.45, 2.75) is 44.7 Å². The molecule has 28 heavy (non-hydrogen) atoms. The van der Waals surface area contributed by atoms with E-state index < -0.39 is 0 Å². The molecule has 2 heterocycles. The minimum atomic E-state index is -0.217. The minimum absolute atomic E-state index is 0.174. The van der Waals surface area contributed by atoms with Gasteiger partial charge in [0.25, 0.3) is 11.5 Å². The molecule has 6 nitrogen and oxygen atoms in total. The number of carbonyl (C=O) groups excluding carboxylic acids is 1. The fourth-order valence-corrected chi connectivity index (χ4v) is 3.81. The zero-order valence-corrected chi connectivity index (χ0v) is 16.2. The summed E-state index contributed by atoms with van der Waals surface area (Å²) in [6.45, 7) is 0.660. The van der Waals surface area contributed by atoms with Crippen LogP contribution in [-0.2, 0) is 6.54 Å². The van der Waals surface area contributed by atoms with Crippen molar-refractivity contribution in [2.75, 3.05) is 0 Å². The number of carbonyl (C=O) groups is 1. The number of imidazole rings is 1. The van der Waals surface area contributed by atoms with Crippen LogP contribution >= 0.6 is 11.6 Å². The average Bonchev–Trinajstić information content (AvgIpc) is 3.36. The Bertz CT molecular complexity index is 1130. The highest BCUT2D eigenvalue weighted by atomic mass is 35.5. The molecule has 2 aliphatic carbocycles. The van der Waals surface area contributed by atoms with E-state index in [4.69, 9.17) is 11.6 Å². The van der Waals surface area contributed by atoms with Gasteiger partial charge in [-0.15, -0.1) is 0 Å². The largest absolute Gasteiger partial charge is 0.348 e. The van der Waals surface area contributed by atoms with Crippen molar-refractivity contribution in [2.24, 2.45) is 5.92 Å². The Morgan fingerprint density at radius 1 is 1.21 bits per heavy atom. The summed E-state index contributed by atoms with van der Waals surface area (Å²) in [5.41, 5.74) is 2.05. The summed E-state index contributed by atoms with van der Waals surface area (Å²) < 4.78 is 3.44. The molecule has 0 spiro atoms. The SMILES string of the molecule is O=C(NC1CCC1)c1cn2cc(-c3cccc(Cl)c3)n(CC3CC3)c(=O)c2n1. The molecule has 1 aromatic carbocycles. The maximum atomic E-state index is 13.2. The lowest BCUT2D eigenvalue weighted by atomic mass is 9.93. The smallest absolute Gasteiger partial charge is 0.294 e. The molecule has 2 saturated carbocycles. The number of rotatable bonds is 5. The first-order chi connectivity index (χ1) is 13.6. The van der Waals surface area contributed by atoms with Gasteiger partial charge in [-0.05, 0) is 50.2 Å². The molecule has 0 aliphatic heterocycles. The molecule has 5 rings (SSSR count). The topological polar surface area (TPSA) is 68.4 Å². The van der Waals surface area contributed by atoms with Crippen LogP contribution in [0.5, 0.6) is 0 Å². The Morgan fingerprint density at radius 3 is 2.71 bits per heavy atom. The van der Waals surface area contributed by atoms with Crippen LogP contribution in [-0.4, -0.2) is 25.9 Å². The van der Waals surface area contributed by atoms with Gasteiger partial charge in [0.05, 0.1) is 5.69 Å². The molecule has 0 bridgehead atoms. The molecular formula is C21H21ClN4O2. The minimum Gasteiger partial charge on any atom is -0.348 e. The summed E-state index contributed by atoms with van der Waals surface area (Å²) in [4.78, 5) is 30.1. The molecule has 7 heteroatoms. The number of hydrogen-bond donors (Lipinski definition) is 1. The van der Waals surface area contributed by atoms with Crippen LogP contribution in [0.1, 0.15) is 42.6 Å². The van der Waals surface area contributed by atoms with Gasteiger partial charge in [-0.1, -0.05) is 23.7 Å². The van der Waals surface area contributed by atoms with Crippen LogP contribution in [0.25, 0.3) is 16.9 Å². The zero-order valence-electron chi connectivity index (χ0n) is 15.4. The number of nitrogens with one attached hydrogen (secondary N) is 1. The second kappa shape index (κ2) is 6.78. The molecule has 2 aromatic heterocycles. The summed E-state index contributed by atoms with van der Waals surface area (Å²) in [6.07, 6.45) is 8.94. The lowest BCUT2D eigenvalue weighted by molar-refractivity contribution is 0.0912. The third-order valence-electron chi connectivity index (χ3n) is 5.65. The summed E-state index contributed by atoms with van der Waals surface area (Å²) >= 11 is 6.18. The van der Waals surface area contributed by atoms with Crippen molar-refractivity contribution in [3.8, 4) is 11.3 Å². The summed E-state index contributed by atoms with van der Waals surface area (Å²) in [6, 6.07) is 7.71. The lowest BCUT2D eigenvalue weighted by Gasteiger charge is -2.25. The number of benzene rings is 1. The Kier molecular flexibility index (Phi) is 4.23. The first kappa shape index (κ1) is 17.5. The van der Waals surface area contributed by atoms with Crippen molar-refractivity contribution in [1.82, 2.24) is 19.3 Å². The molecule has 2 fully saturated rings. The molecule has 1 N–H and O–H groups in total. The van der Waals surface area contributed by atoms with E-state index in [0.29, 0.717) is 17.5 Å². The zero-order chi connectivity index (χ0) is 19.3. The Hall–Kier alpha value is -2.60. The molecule has 0 saturated heterocycles. The van der Waals surface area contributed by atoms with Crippen molar-refractivity contribution >= 4 is 23.2 Å². The molecule has 0 unspecified atom stereocenters. The van der Waals surface area contributed by atoms with Gasteiger partial charge < -0.3 is 9.88 Å². The lowest BCUT2D eigenvalue weighted by Crippen LogP contribution is -2.39. The number of halogens is 1. The molecular weight excluding hydrogens is 376 g/mol. The Balaban J connectivity index is 1.61. The fourth-order valence-electron chi connectivity index (χ4n) is 3.62. The monoisotopic (exact) mass is 396 g/mol. The highest BCUT2D eigenvalue weighted by molar-refractivity contribution is 6.30. The number of hydrogen-bond acceptors (Lipinski definition) is 3. The molecule has 3 aromatic rings. The predicted molar refractivity (Wildman–Crippen MR) is 108 cm³/mol. The van der Waals surface area contributed by atoms with Gasteiger partial charge in [-0.25, -0.2) is 4.98 Å². The van der Waals surface area contributed by atoms with Gasteiger partial charge in [0.15, 0.2) is 0 Å². The third-order valence-corrected chi connectivity index (χ3v) is 5.89. The predicted octanol–water partition coefficient (Wildman–Crippen LogP) is 3.51. The summed E-state index contributed by atoms with van der Waals surface area (Å²) in [5.74, 6) is 0.306. The maximum Gasteiger partial charge on any atom is 0.294 e.